The predicted octanol–water partition coefficient (Wildman–Crippen LogP) is 0.620. The highest BCUT2D eigenvalue weighted by molar-refractivity contribution is 5.78. The van der Waals surface area contributed by atoms with Crippen LogP contribution in [0.5, 0.6) is 5.75 Å². The van der Waals surface area contributed by atoms with Crippen molar-refractivity contribution in [2.75, 3.05) is 39.9 Å². The van der Waals surface area contributed by atoms with Crippen molar-refractivity contribution in [1.29, 1.82) is 0 Å². The van der Waals surface area contributed by atoms with Crippen LogP contribution in [0.15, 0.2) is 30.3 Å². The van der Waals surface area contributed by atoms with Crippen LogP contribution in [0.3, 0.4) is 0 Å². The van der Waals surface area contributed by atoms with Crippen LogP contribution in [-0.4, -0.2) is 62.8 Å². The third kappa shape index (κ3) is 5.82. The van der Waals surface area contributed by atoms with E-state index < -0.39 is 0 Å². The quantitative estimate of drug-likeness (QED) is 0.687. The zero-order valence-corrected chi connectivity index (χ0v) is 13.7. The normalized spacial score (nSPS) is 21.8. The topological polar surface area (TPSA) is 76.8 Å². The standard InChI is InChI=1S/C17H27N3O3/c1-22-16-7-9-20(14(11-16)12-18)13-17(21)19-8-10-23-15-5-3-2-4-6-15/h2-6,14,16H,7-13,18H2,1H3,(H,19,21). The molecule has 2 unspecified atom stereocenters. The molecular formula is C17H27N3O3. The summed E-state index contributed by atoms with van der Waals surface area (Å²) >= 11 is 0. The van der Waals surface area contributed by atoms with Crippen molar-refractivity contribution >= 4 is 5.91 Å². The smallest absolute Gasteiger partial charge is 0.234 e. The van der Waals surface area contributed by atoms with Gasteiger partial charge in [-0.2, -0.15) is 0 Å². The number of hydrogen-bond donors (Lipinski definition) is 2. The Bertz CT molecular complexity index is 469. The highest BCUT2D eigenvalue weighted by Crippen LogP contribution is 2.18. The van der Waals surface area contributed by atoms with Crippen molar-refractivity contribution in [1.82, 2.24) is 10.2 Å². The van der Waals surface area contributed by atoms with E-state index in [2.05, 4.69) is 10.2 Å². The first-order chi connectivity index (χ1) is 11.2. The molecular weight excluding hydrogens is 294 g/mol. The first kappa shape index (κ1) is 17.7. The van der Waals surface area contributed by atoms with Crippen molar-refractivity contribution in [3.05, 3.63) is 30.3 Å². The first-order valence-corrected chi connectivity index (χ1v) is 8.14. The Morgan fingerprint density at radius 3 is 2.87 bits per heavy atom. The van der Waals surface area contributed by atoms with E-state index in [4.69, 9.17) is 15.2 Å². The fourth-order valence-electron chi connectivity index (χ4n) is 2.85. The molecule has 1 fully saturated rings. The molecule has 0 bridgehead atoms. The number of likely N-dealkylation sites (tertiary alicyclic amines) is 1. The third-order valence-corrected chi connectivity index (χ3v) is 4.18. The number of rotatable bonds is 8. The Hall–Kier alpha value is -1.63. The van der Waals surface area contributed by atoms with Gasteiger partial charge in [-0.15, -0.1) is 0 Å². The van der Waals surface area contributed by atoms with E-state index in [1.807, 2.05) is 30.3 Å². The van der Waals surface area contributed by atoms with Crippen LogP contribution in [-0.2, 0) is 9.53 Å². The number of nitrogens with one attached hydrogen (secondary N) is 1. The fourth-order valence-corrected chi connectivity index (χ4v) is 2.85. The average Bonchev–Trinajstić information content (AvgIpc) is 2.60. The first-order valence-electron chi connectivity index (χ1n) is 8.14. The summed E-state index contributed by atoms with van der Waals surface area (Å²) in [6, 6.07) is 9.78. The molecule has 0 radical (unpaired) electrons. The summed E-state index contributed by atoms with van der Waals surface area (Å²) in [4.78, 5) is 14.2. The molecule has 1 amide bonds. The number of hydrogen-bond acceptors (Lipinski definition) is 5. The predicted molar refractivity (Wildman–Crippen MR) is 89.4 cm³/mol. The fraction of sp³-hybridized carbons (Fsp3) is 0.588. The van der Waals surface area contributed by atoms with Crippen molar-refractivity contribution in [3.8, 4) is 5.75 Å². The summed E-state index contributed by atoms with van der Waals surface area (Å²) in [5.41, 5.74) is 5.82. The van der Waals surface area contributed by atoms with E-state index in [1.54, 1.807) is 7.11 Å². The van der Waals surface area contributed by atoms with Gasteiger partial charge in [0.05, 0.1) is 19.2 Å². The van der Waals surface area contributed by atoms with Gasteiger partial charge in [-0.1, -0.05) is 18.2 Å². The van der Waals surface area contributed by atoms with Gasteiger partial charge in [-0.25, -0.2) is 0 Å². The summed E-state index contributed by atoms with van der Waals surface area (Å²) in [6.45, 7) is 2.72. The van der Waals surface area contributed by atoms with Crippen LogP contribution in [0.4, 0.5) is 0 Å². The molecule has 1 aliphatic heterocycles. The Labute approximate surface area is 137 Å². The Morgan fingerprint density at radius 1 is 1.39 bits per heavy atom. The number of ether oxygens (including phenoxy) is 2. The maximum absolute atomic E-state index is 12.1. The maximum atomic E-state index is 12.1. The molecule has 0 aliphatic carbocycles. The monoisotopic (exact) mass is 321 g/mol. The molecule has 1 aliphatic rings. The third-order valence-electron chi connectivity index (χ3n) is 4.18. The number of amides is 1. The van der Waals surface area contributed by atoms with Gasteiger partial charge in [-0.3, -0.25) is 9.69 Å². The van der Waals surface area contributed by atoms with Crippen LogP contribution in [0.2, 0.25) is 0 Å². The number of piperidine rings is 1. The number of methoxy groups -OCH3 is 1. The molecule has 1 aromatic rings. The molecule has 0 spiro atoms. The van der Waals surface area contributed by atoms with E-state index in [-0.39, 0.29) is 18.1 Å². The van der Waals surface area contributed by atoms with Crippen LogP contribution in [0.1, 0.15) is 12.8 Å². The van der Waals surface area contributed by atoms with Gasteiger partial charge >= 0.3 is 0 Å². The number of carbonyl (C=O) groups excluding carboxylic acids is 1. The minimum absolute atomic E-state index is 0.0102. The summed E-state index contributed by atoms with van der Waals surface area (Å²) in [7, 11) is 1.73. The number of benzene rings is 1. The van der Waals surface area contributed by atoms with E-state index in [1.165, 1.54) is 0 Å². The van der Waals surface area contributed by atoms with E-state index >= 15 is 0 Å². The molecule has 0 saturated carbocycles. The summed E-state index contributed by atoms with van der Waals surface area (Å²) in [5, 5.41) is 2.89. The van der Waals surface area contributed by atoms with E-state index in [9.17, 15) is 4.79 Å². The zero-order chi connectivity index (χ0) is 16.5. The Kier molecular flexibility index (Phi) is 7.32. The highest BCUT2D eigenvalue weighted by atomic mass is 16.5. The molecule has 1 heterocycles. The van der Waals surface area contributed by atoms with E-state index in [0.717, 1.165) is 25.1 Å². The largest absolute Gasteiger partial charge is 0.492 e. The number of para-hydroxylation sites is 1. The molecule has 2 atom stereocenters. The van der Waals surface area contributed by atoms with Gasteiger partial charge < -0.3 is 20.5 Å². The Morgan fingerprint density at radius 2 is 2.17 bits per heavy atom. The van der Waals surface area contributed by atoms with Gasteiger partial charge in [0.1, 0.15) is 12.4 Å². The molecule has 6 heteroatoms. The molecule has 3 N–H and O–H groups in total. The molecule has 1 saturated heterocycles. The number of nitrogens with two attached hydrogens (primary N) is 1. The molecule has 23 heavy (non-hydrogen) atoms. The van der Waals surface area contributed by atoms with Crippen LogP contribution in [0, 0.1) is 0 Å². The molecule has 128 valence electrons. The van der Waals surface area contributed by atoms with E-state index in [0.29, 0.717) is 26.2 Å². The summed E-state index contributed by atoms with van der Waals surface area (Å²) in [6.07, 6.45) is 2.08. The molecule has 0 aromatic heterocycles. The Balaban J connectivity index is 1.66. The minimum atomic E-state index is 0.0102. The second-order valence-corrected chi connectivity index (χ2v) is 5.75. The SMILES string of the molecule is COC1CCN(CC(=O)NCCOc2ccccc2)C(CN)C1. The van der Waals surface area contributed by atoms with Crippen LogP contribution in [0.25, 0.3) is 0 Å². The van der Waals surface area contributed by atoms with Crippen LogP contribution >= 0.6 is 0 Å². The second kappa shape index (κ2) is 9.50. The lowest BCUT2D eigenvalue weighted by atomic mass is 9.99. The van der Waals surface area contributed by atoms with Gasteiger partial charge in [-0.05, 0) is 25.0 Å². The minimum Gasteiger partial charge on any atom is -0.492 e. The number of nitrogens with zero attached hydrogens (tertiary/aromatic N) is 1. The lowest BCUT2D eigenvalue weighted by Gasteiger charge is -2.37. The van der Waals surface area contributed by atoms with Crippen molar-refractivity contribution < 1.29 is 14.3 Å². The number of carbonyl (C=O) groups is 1. The lowest BCUT2D eigenvalue weighted by Crippen LogP contribution is -2.52. The summed E-state index contributed by atoms with van der Waals surface area (Å²) < 4.78 is 11.0. The summed E-state index contributed by atoms with van der Waals surface area (Å²) in [5.74, 6) is 0.822. The molecule has 1 aromatic carbocycles. The van der Waals surface area contributed by atoms with Gasteiger partial charge in [0.15, 0.2) is 0 Å². The lowest BCUT2D eigenvalue weighted by molar-refractivity contribution is -0.123. The van der Waals surface area contributed by atoms with Crippen molar-refractivity contribution in [2.45, 2.75) is 25.0 Å². The van der Waals surface area contributed by atoms with Crippen molar-refractivity contribution in [3.63, 3.8) is 0 Å². The maximum Gasteiger partial charge on any atom is 0.234 e. The van der Waals surface area contributed by atoms with Crippen molar-refractivity contribution in [2.24, 2.45) is 5.73 Å². The van der Waals surface area contributed by atoms with Crippen LogP contribution < -0.4 is 15.8 Å². The highest BCUT2D eigenvalue weighted by Gasteiger charge is 2.28. The van der Waals surface area contributed by atoms with Gasteiger partial charge in [0.2, 0.25) is 5.91 Å². The average molecular weight is 321 g/mol. The molecule has 2 rings (SSSR count). The molecule has 6 nitrogen and oxygen atoms in total. The van der Waals surface area contributed by atoms with Gasteiger partial charge in [0.25, 0.3) is 0 Å². The zero-order valence-electron chi connectivity index (χ0n) is 13.7. The second-order valence-electron chi connectivity index (χ2n) is 5.75. The van der Waals surface area contributed by atoms with Gasteiger partial charge in [0, 0.05) is 26.2 Å².